The van der Waals surface area contributed by atoms with Crippen LogP contribution >= 0.6 is 0 Å². The van der Waals surface area contributed by atoms with Crippen LogP contribution in [0.15, 0.2) is 133 Å². The van der Waals surface area contributed by atoms with E-state index < -0.39 is 0 Å². The fourth-order valence-corrected chi connectivity index (χ4v) is 11.8. The molecule has 0 aliphatic heterocycles. The lowest BCUT2D eigenvalue weighted by atomic mass is 9.74. The van der Waals surface area contributed by atoms with E-state index in [0.29, 0.717) is 17.8 Å². The highest BCUT2D eigenvalue weighted by atomic mass is 14.5. The molecule has 4 aliphatic rings. The maximum Gasteiger partial charge on any atom is 0.0159 e. The maximum atomic E-state index is 3.98. The largest absolute Gasteiger partial charge is 0.0991 e. The Labute approximate surface area is 360 Å². The van der Waals surface area contributed by atoms with Gasteiger partial charge in [0.05, 0.1) is 0 Å². The average molecular weight is 785 g/mol. The quantitative estimate of drug-likeness (QED) is 0.117. The summed E-state index contributed by atoms with van der Waals surface area (Å²) in [6.45, 7) is 23.1. The number of hydrogen-bond donors (Lipinski definition) is 0. The third-order valence-corrected chi connectivity index (χ3v) is 15.3. The Morgan fingerprint density at radius 2 is 1.35 bits per heavy atom. The summed E-state index contributed by atoms with van der Waals surface area (Å²) in [4.78, 5) is 0. The first-order valence-corrected chi connectivity index (χ1v) is 22.8. The molecular formula is C60H64. The van der Waals surface area contributed by atoms with Crippen molar-refractivity contribution in [1.29, 1.82) is 0 Å². The van der Waals surface area contributed by atoms with Crippen LogP contribution in [0.1, 0.15) is 135 Å². The van der Waals surface area contributed by atoms with Gasteiger partial charge >= 0.3 is 0 Å². The van der Waals surface area contributed by atoms with Crippen LogP contribution in [0.25, 0.3) is 34.4 Å². The molecule has 9 rings (SSSR count). The van der Waals surface area contributed by atoms with Crippen LogP contribution in [0.5, 0.6) is 0 Å². The van der Waals surface area contributed by atoms with E-state index in [1.165, 1.54) is 100 Å². The van der Waals surface area contributed by atoms with E-state index in [4.69, 9.17) is 0 Å². The molecule has 5 aromatic rings. The Hall–Kier alpha value is -5.20. The van der Waals surface area contributed by atoms with Crippen LogP contribution in [-0.2, 0) is 23.7 Å². The lowest BCUT2D eigenvalue weighted by Crippen LogP contribution is -2.35. The topological polar surface area (TPSA) is 0 Å². The number of hydrogen-bond acceptors (Lipinski definition) is 0. The number of allylic oxidation sites excluding steroid dienone is 7. The standard InChI is InChI=1S/C60H64/c1-10-19-38(2)28-30-43(45-23-14-11-20-39(45)3)34-44-35-57-58(50-27-18-17-26-48(44)50)53-37-55-52(36-56(53)60(57,8)9)49-31-29-42(33-54(49)59(55,6)7)32-51(46-24-15-12-21-40(46)4)47-25-16-13-22-41(47)5/h10-16,19-22,24-27,29,31,33,35-37,43,45,51H,1,17-18,23,28,30,32,34H2,2-9H3. The van der Waals surface area contributed by atoms with Crippen molar-refractivity contribution in [3.05, 3.63) is 199 Å². The van der Waals surface area contributed by atoms with Crippen LogP contribution in [0.3, 0.4) is 0 Å². The summed E-state index contributed by atoms with van der Waals surface area (Å²) in [6, 6.07) is 33.3. The van der Waals surface area contributed by atoms with Gasteiger partial charge in [0.15, 0.2) is 0 Å². The van der Waals surface area contributed by atoms with E-state index in [9.17, 15) is 0 Å². The maximum absolute atomic E-state index is 3.98. The molecule has 4 aliphatic carbocycles. The number of fused-ring (bicyclic) bond motifs is 8. The summed E-state index contributed by atoms with van der Waals surface area (Å²) in [5, 5.41) is 3.00. The molecule has 0 radical (unpaired) electrons. The predicted octanol–water partition coefficient (Wildman–Crippen LogP) is 14.2. The molecular weight excluding hydrogens is 721 g/mol. The third-order valence-electron chi connectivity index (χ3n) is 15.3. The van der Waals surface area contributed by atoms with Crippen molar-refractivity contribution in [2.75, 3.05) is 0 Å². The first-order chi connectivity index (χ1) is 28.9. The van der Waals surface area contributed by atoms with Crippen LogP contribution in [0.2, 0.25) is 0 Å². The fourth-order valence-electron chi connectivity index (χ4n) is 11.8. The van der Waals surface area contributed by atoms with Crippen molar-refractivity contribution in [3.8, 4) is 22.3 Å². The summed E-state index contributed by atoms with van der Waals surface area (Å²) < 4.78 is 0. The summed E-state index contributed by atoms with van der Waals surface area (Å²) in [5.41, 5.74) is 23.0. The van der Waals surface area contributed by atoms with Crippen molar-refractivity contribution in [3.63, 3.8) is 0 Å². The Morgan fingerprint density at radius 1 is 0.717 bits per heavy atom. The van der Waals surface area contributed by atoms with Crippen LogP contribution in [-0.4, -0.2) is 0 Å². The van der Waals surface area contributed by atoms with E-state index in [-0.39, 0.29) is 10.8 Å². The normalized spacial score (nSPS) is 18.4. The van der Waals surface area contributed by atoms with Gasteiger partial charge in [-0.25, -0.2) is 0 Å². The molecule has 0 aromatic heterocycles. The van der Waals surface area contributed by atoms with Crippen molar-refractivity contribution in [1.82, 2.24) is 0 Å². The molecule has 0 bridgehead atoms. The molecule has 304 valence electrons. The molecule has 0 spiro atoms. The lowest BCUT2D eigenvalue weighted by molar-refractivity contribution is 0.350. The SMILES string of the molecule is C=CC=C(C)CCC(Cc1cc2c(c3c1=CCCC=3)-c1cc3c(cc1C2(C)C)-c1ccc(CC(c2ccccc2C)c2ccccc2C)cc1C3(C)C)C1CC=CC=C1C. The van der Waals surface area contributed by atoms with E-state index in [1.54, 1.807) is 5.56 Å². The molecule has 0 fully saturated rings. The summed E-state index contributed by atoms with van der Waals surface area (Å²) in [7, 11) is 0. The second kappa shape index (κ2) is 15.7. The van der Waals surface area contributed by atoms with Crippen LogP contribution in [0.4, 0.5) is 0 Å². The van der Waals surface area contributed by atoms with Gasteiger partial charge in [0.1, 0.15) is 0 Å². The highest BCUT2D eigenvalue weighted by Crippen LogP contribution is 2.56. The van der Waals surface area contributed by atoms with Gasteiger partial charge in [-0.1, -0.05) is 161 Å². The minimum absolute atomic E-state index is 0.0991. The Morgan fingerprint density at radius 3 is 2.03 bits per heavy atom. The zero-order valence-corrected chi connectivity index (χ0v) is 37.5. The first kappa shape index (κ1) is 40.2. The highest BCUT2D eigenvalue weighted by Gasteiger charge is 2.43. The summed E-state index contributed by atoms with van der Waals surface area (Å²) >= 11 is 0. The summed E-state index contributed by atoms with van der Waals surface area (Å²) in [6.07, 6.45) is 24.1. The smallest absolute Gasteiger partial charge is 0.0159 e. The Bertz CT molecular complexity index is 2710. The molecule has 0 saturated heterocycles. The van der Waals surface area contributed by atoms with Gasteiger partial charge in [-0.15, -0.1) is 0 Å². The molecule has 0 saturated carbocycles. The van der Waals surface area contributed by atoms with Gasteiger partial charge in [0.2, 0.25) is 0 Å². The molecule has 0 heteroatoms. The molecule has 2 unspecified atom stereocenters. The minimum atomic E-state index is -0.107. The second-order valence-electron chi connectivity index (χ2n) is 19.7. The van der Waals surface area contributed by atoms with Gasteiger partial charge in [-0.2, -0.15) is 0 Å². The lowest BCUT2D eigenvalue weighted by Gasteiger charge is -2.30. The van der Waals surface area contributed by atoms with Crippen LogP contribution < -0.4 is 10.4 Å². The molecule has 0 amide bonds. The molecule has 60 heavy (non-hydrogen) atoms. The van der Waals surface area contributed by atoms with Crippen molar-refractivity contribution < 1.29 is 0 Å². The van der Waals surface area contributed by atoms with E-state index in [2.05, 4.69) is 183 Å². The van der Waals surface area contributed by atoms with Gasteiger partial charge < -0.3 is 0 Å². The van der Waals surface area contributed by atoms with Gasteiger partial charge in [0.25, 0.3) is 0 Å². The van der Waals surface area contributed by atoms with Gasteiger partial charge in [0, 0.05) is 16.7 Å². The number of aryl methyl sites for hydroxylation is 2. The van der Waals surface area contributed by atoms with Crippen molar-refractivity contribution in [2.45, 2.75) is 117 Å². The average Bonchev–Trinajstić information content (AvgIpc) is 3.60. The third kappa shape index (κ3) is 6.85. The molecule has 0 heterocycles. The summed E-state index contributed by atoms with van der Waals surface area (Å²) in [5.74, 6) is 1.46. The number of rotatable bonds is 11. The zero-order chi connectivity index (χ0) is 41.9. The Balaban J connectivity index is 1.11. The van der Waals surface area contributed by atoms with Crippen LogP contribution in [0, 0.1) is 25.7 Å². The van der Waals surface area contributed by atoms with E-state index in [1.807, 2.05) is 6.08 Å². The second-order valence-corrected chi connectivity index (χ2v) is 19.7. The zero-order valence-electron chi connectivity index (χ0n) is 37.5. The van der Waals surface area contributed by atoms with E-state index >= 15 is 0 Å². The van der Waals surface area contributed by atoms with Crippen molar-refractivity contribution >= 4 is 12.2 Å². The molecule has 0 N–H and O–H groups in total. The first-order valence-electron chi connectivity index (χ1n) is 22.8. The highest BCUT2D eigenvalue weighted by molar-refractivity contribution is 5.90. The van der Waals surface area contributed by atoms with Crippen molar-refractivity contribution in [2.24, 2.45) is 11.8 Å². The van der Waals surface area contributed by atoms with Gasteiger partial charge in [-0.3, -0.25) is 0 Å². The predicted molar refractivity (Wildman–Crippen MR) is 258 cm³/mol. The Kier molecular flexibility index (Phi) is 10.5. The minimum Gasteiger partial charge on any atom is -0.0991 e. The molecule has 2 atom stereocenters. The molecule has 5 aromatic carbocycles. The fraction of sp³-hybridized carbons (Fsp3) is 0.333. The van der Waals surface area contributed by atoms with Gasteiger partial charge in [-0.05, 0) is 185 Å². The molecule has 0 nitrogen and oxygen atoms in total. The van der Waals surface area contributed by atoms with E-state index in [0.717, 1.165) is 38.5 Å². The number of benzene rings is 5. The monoisotopic (exact) mass is 785 g/mol.